The average molecular weight is 283 g/mol. The number of aryl methyl sites for hydroxylation is 2. The summed E-state index contributed by atoms with van der Waals surface area (Å²) in [6.45, 7) is 1.95. The molecule has 0 aliphatic heterocycles. The third-order valence-corrected chi connectivity index (χ3v) is 3.37. The van der Waals surface area contributed by atoms with Gasteiger partial charge in [-0.1, -0.05) is 23.4 Å². The van der Waals surface area contributed by atoms with Crippen molar-refractivity contribution in [3.63, 3.8) is 0 Å². The topological polar surface area (TPSA) is 86.6 Å². The van der Waals surface area contributed by atoms with Crippen LogP contribution in [-0.4, -0.2) is 24.8 Å². The Bertz CT molecular complexity index is 729. The molecule has 1 aromatic carbocycles. The van der Waals surface area contributed by atoms with Gasteiger partial charge in [0.25, 0.3) is 0 Å². The standard InChI is InChI=1S/C14H17N7/c1-10-8-12(20(2)18-10)14(17-15)13-9-16-19-21(13)11-6-4-3-5-7-11/h3-9,14,17H,15H2,1-2H3. The fourth-order valence-electron chi connectivity index (χ4n) is 2.43. The number of aromatic nitrogens is 5. The molecule has 1 atom stereocenters. The van der Waals surface area contributed by atoms with E-state index in [1.807, 2.05) is 55.1 Å². The van der Waals surface area contributed by atoms with E-state index in [4.69, 9.17) is 5.84 Å². The number of para-hydroxylation sites is 1. The van der Waals surface area contributed by atoms with Gasteiger partial charge >= 0.3 is 0 Å². The van der Waals surface area contributed by atoms with Gasteiger partial charge in [-0.3, -0.25) is 10.5 Å². The first-order chi connectivity index (χ1) is 10.2. The molecule has 0 aliphatic rings. The Labute approximate surface area is 122 Å². The zero-order valence-corrected chi connectivity index (χ0v) is 11.9. The third-order valence-electron chi connectivity index (χ3n) is 3.37. The number of nitrogens with zero attached hydrogens (tertiary/aromatic N) is 5. The molecule has 108 valence electrons. The molecular formula is C14H17N7. The van der Waals surface area contributed by atoms with Crippen molar-refractivity contribution >= 4 is 0 Å². The molecule has 2 aromatic heterocycles. The van der Waals surface area contributed by atoms with E-state index in [9.17, 15) is 0 Å². The van der Waals surface area contributed by atoms with Gasteiger partial charge in [0.05, 0.1) is 29.0 Å². The summed E-state index contributed by atoms with van der Waals surface area (Å²) in [6.07, 6.45) is 1.71. The Morgan fingerprint density at radius 2 is 1.95 bits per heavy atom. The molecule has 0 amide bonds. The Hall–Kier alpha value is -2.51. The zero-order chi connectivity index (χ0) is 14.8. The van der Waals surface area contributed by atoms with Gasteiger partial charge in [-0.05, 0) is 25.1 Å². The molecule has 7 heteroatoms. The minimum Gasteiger partial charge on any atom is -0.270 e. The summed E-state index contributed by atoms with van der Waals surface area (Å²) in [6, 6.07) is 11.6. The fraction of sp³-hybridized carbons (Fsp3) is 0.214. The lowest BCUT2D eigenvalue weighted by molar-refractivity contribution is 0.548. The van der Waals surface area contributed by atoms with Crippen LogP contribution in [-0.2, 0) is 7.05 Å². The SMILES string of the molecule is Cc1cc(C(NN)c2cnnn2-c2ccccc2)n(C)n1. The quantitative estimate of drug-likeness (QED) is 0.548. The van der Waals surface area contributed by atoms with Gasteiger partial charge in [-0.2, -0.15) is 5.10 Å². The van der Waals surface area contributed by atoms with Gasteiger partial charge < -0.3 is 0 Å². The van der Waals surface area contributed by atoms with E-state index in [1.165, 1.54) is 0 Å². The molecule has 3 N–H and O–H groups in total. The van der Waals surface area contributed by atoms with E-state index in [0.29, 0.717) is 0 Å². The van der Waals surface area contributed by atoms with Crippen molar-refractivity contribution in [3.8, 4) is 5.69 Å². The minimum absolute atomic E-state index is 0.244. The van der Waals surface area contributed by atoms with E-state index in [-0.39, 0.29) is 6.04 Å². The van der Waals surface area contributed by atoms with Crippen LogP contribution >= 0.6 is 0 Å². The van der Waals surface area contributed by atoms with Gasteiger partial charge in [0.15, 0.2) is 0 Å². The molecule has 0 saturated heterocycles. The fourth-order valence-corrected chi connectivity index (χ4v) is 2.43. The van der Waals surface area contributed by atoms with Gasteiger partial charge in [-0.15, -0.1) is 5.10 Å². The summed E-state index contributed by atoms with van der Waals surface area (Å²) in [7, 11) is 1.89. The molecular weight excluding hydrogens is 266 g/mol. The first-order valence-corrected chi connectivity index (χ1v) is 6.63. The van der Waals surface area contributed by atoms with Crippen molar-refractivity contribution in [1.82, 2.24) is 30.2 Å². The Balaban J connectivity index is 2.07. The molecule has 0 aliphatic carbocycles. The van der Waals surface area contributed by atoms with Gasteiger partial charge in [0, 0.05) is 7.05 Å². The molecule has 0 saturated carbocycles. The second-order valence-corrected chi connectivity index (χ2v) is 4.84. The molecule has 7 nitrogen and oxygen atoms in total. The van der Waals surface area contributed by atoms with Crippen LogP contribution < -0.4 is 11.3 Å². The summed E-state index contributed by atoms with van der Waals surface area (Å²) in [4.78, 5) is 0. The Morgan fingerprint density at radius 1 is 1.19 bits per heavy atom. The van der Waals surface area contributed by atoms with Gasteiger partial charge in [-0.25, -0.2) is 10.1 Å². The number of rotatable bonds is 4. The maximum Gasteiger partial charge on any atom is 0.107 e. The monoisotopic (exact) mass is 283 g/mol. The third kappa shape index (κ3) is 2.44. The lowest BCUT2D eigenvalue weighted by atomic mass is 10.1. The Morgan fingerprint density at radius 3 is 2.57 bits per heavy atom. The van der Waals surface area contributed by atoms with E-state index < -0.39 is 0 Å². The van der Waals surface area contributed by atoms with Gasteiger partial charge in [0.1, 0.15) is 6.04 Å². The number of hydrazine groups is 1. The van der Waals surface area contributed by atoms with Crippen LogP contribution in [0.3, 0.4) is 0 Å². The average Bonchev–Trinajstić information content (AvgIpc) is 3.09. The van der Waals surface area contributed by atoms with Crippen molar-refractivity contribution in [3.05, 3.63) is 59.7 Å². The molecule has 0 spiro atoms. The molecule has 3 rings (SSSR count). The van der Waals surface area contributed by atoms with Crippen LogP contribution in [0.1, 0.15) is 23.1 Å². The van der Waals surface area contributed by atoms with E-state index in [2.05, 4.69) is 20.8 Å². The highest BCUT2D eigenvalue weighted by Gasteiger charge is 2.22. The van der Waals surface area contributed by atoms with Crippen LogP contribution in [0.2, 0.25) is 0 Å². The van der Waals surface area contributed by atoms with Crippen LogP contribution in [0.5, 0.6) is 0 Å². The normalized spacial score (nSPS) is 12.5. The number of hydrogen-bond donors (Lipinski definition) is 2. The lowest BCUT2D eigenvalue weighted by Crippen LogP contribution is -2.32. The van der Waals surface area contributed by atoms with Crippen molar-refractivity contribution in [2.24, 2.45) is 12.9 Å². The summed E-state index contributed by atoms with van der Waals surface area (Å²) in [5.41, 5.74) is 6.50. The van der Waals surface area contributed by atoms with Gasteiger partial charge in [0.2, 0.25) is 0 Å². The lowest BCUT2D eigenvalue weighted by Gasteiger charge is -2.17. The van der Waals surface area contributed by atoms with Crippen LogP contribution in [0.4, 0.5) is 0 Å². The summed E-state index contributed by atoms with van der Waals surface area (Å²) in [5.74, 6) is 5.76. The molecule has 0 radical (unpaired) electrons. The molecule has 2 heterocycles. The number of hydrogen-bond acceptors (Lipinski definition) is 5. The van der Waals surface area contributed by atoms with Crippen LogP contribution in [0.25, 0.3) is 5.69 Å². The molecule has 1 unspecified atom stereocenters. The van der Waals surface area contributed by atoms with E-state index >= 15 is 0 Å². The summed E-state index contributed by atoms with van der Waals surface area (Å²) < 4.78 is 3.58. The second kappa shape index (κ2) is 5.47. The maximum absolute atomic E-state index is 5.76. The van der Waals surface area contributed by atoms with E-state index in [0.717, 1.165) is 22.8 Å². The predicted molar refractivity (Wildman–Crippen MR) is 78.5 cm³/mol. The van der Waals surface area contributed by atoms with Crippen LogP contribution in [0.15, 0.2) is 42.6 Å². The summed E-state index contributed by atoms with van der Waals surface area (Å²) >= 11 is 0. The van der Waals surface area contributed by atoms with Crippen molar-refractivity contribution in [1.29, 1.82) is 0 Å². The van der Waals surface area contributed by atoms with Crippen molar-refractivity contribution < 1.29 is 0 Å². The number of benzene rings is 1. The van der Waals surface area contributed by atoms with Crippen LogP contribution in [0, 0.1) is 6.92 Å². The first-order valence-electron chi connectivity index (χ1n) is 6.63. The highest BCUT2D eigenvalue weighted by molar-refractivity contribution is 5.34. The molecule has 0 bridgehead atoms. The van der Waals surface area contributed by atoms with Crippen molar-refractivity contribution in [2.45, 2.75) is 13.0 Å². The Kier molecular flexibility index (Phi) is 3.51. The zero-order valence-electron chi connectivity index (χ0n) is 11.9. The molecule has 0 fully saturated rings. The van der Waals surface area contributed by atoms with Crippen molar-refractivity contribution in [2.75, 3.05) is 0 Å². The highest BCUT2D eigenvalue weighted by atomic mass is 15.4. The van der Waals surface area contributed by atoms with E-state index in [1.54, 1.807) is 10.9 Å². The minimum atomic E-state index is -0.244. The molecule has 3 aromatic rings. The molecule has 21 heavy (non-hydrogen) atoms. The highest BCUT2D eigenvalue weighted by Crippen LogP contribution is 2.22. The second-order valence-electron chi connectivity index (χ2n) is 4.84. The maximum atomic E-state index is 5.76. The number of nitrogens with two attached hydrogens (primary N) is 1. The summed E-state index contributed by atoms with van der Waals surface area (Å²) in [5, 5.41) is 12.5. The predicted octanol–water partition coefficient (Wildman–Crippen LogP) is 0.862. The largest absolute Gasteiger partial charge is 0.270 e. The smallest absolute Gasteiger partial charge is 0.107 e. The number of nitrogens with one attached hydrogen (secondary N) is 1. The first kappa shape index (κ1) is 13.5.